The minimum absolute atomic E-state index is 0.893. The Hall–Kier alpha value is -4.19. The molecule has 0 aliphatic carbocycles. The predicted octanol–water partition coefficient (Wildman–Crippen LogP) is 7.92. The van der Waals surface area contributed by atoms with E-state index in [4.69, 9.17) is 0 Å². The zero-order valence-electron chi connectivity index (χ0n) is 19.5. The van der Waals surface area contributed by atoms with Gasteiger partial charge >= 0.3 is 0 Å². The van der Waals surface area contributed by atoms with E-state index in [1.54, 1.807) is 0 Å². The summed E-state index contributed by atoms with van der Waals surface area (Å²) in [6, 6.07) is 44.5. The zero-order chi connectivity index (χ0) is 23.9. The van der Waals surface area contributed by atoms with Crippen LogP contribution in [0.3, 0.4) is 0 Å². The third-order valence-electron chi connectivity index (χ3n) is 7.82. The van der Waals surface area contributed by atoms with Gasteiger partial charge in [0.1, 0.15) is 0 Å². The molecule has 0 atom stereocenters. The SMILES string of the molecule is O=P1(c2ccccc2)c2ccc3ccc4ccccc4c3c2-c2c1ccc1ccc3ccccc3c21. The maximum absolute atomic E-state index is 15.4. The highest BCUT2D eigenvalue weighted by Gasteiger charge is 2.42. The van der Waals surface area contributed by atoms with Gasteiger partial charge in [-0.15, -0.1) is 0 Å². The third kappa shape index (κ3) is 2.48. The molecule has 0 N–H and O–H groups in total. The molecule has 1 nitrogen and oxygen atoms in total. The lowest BCUT2D eigenvalue weighted by atomic mass is 9.89. The quantitative estimate of drug-likeness (QED) is 0.174. The summed E-state index contributed by atoms with van der Waals surface area (Å²) < 4.78 is 15.4. The van der Waals surface area contributed by atoms with E-state index in [0.717, 1.165) is 27.0 Å². The Labute approximate surface area is 209 Å². The first-order valence-corrected chi connectivity index (χ1v) is 14.0. The van der Waals surface area contributed by atoms with E-state index in [-0.39, 0.29) is 0 Å². The summed E-state index contributed by atoms with van der Waals surface area (Å²) in [4.78, 5) is 0. The van der Waals surface area contributed by atoms with Crippen LogP contribution >= 0.6 is 7.14 Å². The van der Waals surface area contributed by atoms with Crippen LogP contribution < -0.4 is 15.9 Å². The number of rotatable bonds is 1. The van der Waals surface area contributed by atoms with Crippen molar-refractivity contribution >= 4 is 66.1 Å². The Morgan fingerprint density at radius 3 is 1.33 bits per heavy atom. The molecule has 0 fully saturated rings. The van der Waals surface area contributed by atoms with E-state index >= 15 is 4.57 Å². The molecule has 0 saturated carbocycles. The van der Waals surface area contributed by atoms with E-state index < -0.39 is 7.14 Å². The molecule has 1 heterocycles. The zero-order valence-corrected chi connectivity index (χ0v) is 20.4. The summed E-state index contributed by atoms with van der Waals surface area (Å²) in [5.74, 6) is 0. The normalized spacial score (nSPS) is 13.9. The molecule has 0 unspecified atom stereocenters. The Bertz CT molecular complexity index is 1940. The highest BCUT2D eigenvalue weighted by molar-refractivity contribution is 7.86. The first-order valence-electron chi connectivity index (χ1n) is 12.3. The van der Waals surface area contributed by atoms with Gasteiger partial charge in [0, 0.05) is 27.0 Å². The van der Waals surface area contributed by atoms with Gasteiger partial charge in [0.15, 0.2) is 7.14 Å². The summed E-state index contributed by atoms with van der Waals surface area (Å²) in [6.07, 6.45) is 0. The van der Waals surface area contributed by atoms with Crippen molar-refractivity contribution in [1.29, 1.82) is 0 Å². The largest absolute Gasteiger partial charge is 0.309 e. The highest BCUT2D eigenvalue weighted by Crippen LogP contribution is 2.56. The molecule has 7 aromatic rings. The molecule has 1 aliphatic heterocycles. The number of hydrogen-bond donors (Lipinski definition) is 0. The van der Waals surface area contributed by atoms with E-state index in [1.165, 1.54) is 43.1 Å². The monoisotopic (exact) mass is 476 g/mol. The van der Waals surface area contributed by atoms with Crippen LogP contribution in [-0.4, -0.2) is 0 Å². The van der Waals surface area contributed by atoms with Crippen LogP contribution in [0.25, 0.3) is 54.2 Å². The van der Waals surface area contributed by atoms with Gasteiger partial charge in [-0.1, -0.05) is 115 Å². The van der Waals surface area contributed by atoms with E-state index in [2.05, 4.69) is 97.1 Å². The topological polar surface area (TPSA) is 17.1 Å². The molecule has 2 heteroatoms. The van der Waals surface area contributed by atoms with Crippen molar-refractivity contribution < 1.29 is 4.57 Å². The fourth-order valence-electron chi connectivity index (χ4n) is 6.25. The molecule has 168 valence electrons. The van der Waals surface area contributed by atoms with Crippen LogP contribution in [0.2, 0.25) is 0 Å². The van der Waals surface area contributed by atoms with Crippen LogP contribution in [0, 0.1) is 0 Å². The second-order valence-corrected chi connectivity index (χ2v) is 12.3. The lowest BCUT2D eigenvalue weighted by molar-refractivity contribution is 0.593. The van der Waals surface area contributed by atoms with E-state index in [9.17, 15) is 0 Å². The average molecular weight is 477 g/mol. The Morgan fingerprint density at radius 2 is 0.806 bits per heavy atom. The molecule has 8 rings (SSSR count). The third-order valence-corrected chi connectivity index (χ3v) is 11.0. The van der Waals surface area contributed by atoms with Gasteiger partial charge in [-0.2, -0.15) is 0 Å². The maximum atomic E-state index is 15.4. The van der Waals surface area contributed by atoms with Crippen LogP contribution in [-0.2, 0) is 4.57 Å². The molecule has 1 aliphatic rings. The number of benzene rings is 7. The van der Waals surface area contributed by atoms with Crippen molar-refractivity contribution in [3.05, 3.63) is 127 Å². The number of fused-ring (bicyclic) bond motifs is 11. The smallest absolute Gasteiger partial charge is 0.172 e. The summed E-state index contributed by atoms with van der Waals surface area (Å²) in [5.41, 5.74) is 2.27. The molecule has 0 saturated heterocycles. The summed E-state index contributed by atoms with van der Waals surface area (Å²) in [6.45, 7) is 0. The summed E-state index contributed by atoms with van der Waals surface area (Å²) in [5, 5.41) is 12.4. The molecule has 0 aromatic heterocycles. The lowest BCUT2D eigenvalue weighted by Gasteiger charge is -2.16. The summed E-state index contributed by atoms with van der Waals surface area (Å²) in [7, 11) is -3.07. The minimum atomic E-state index is -3.07. The van der Waals surface area contributed by atoms with Crippen molar-refractivity contribution in [2.45, 2.75) is 0 Å². The van der Waals surface area contributed by atoms with Crippen LogP contribution in [0.4, 0.5) is 0 Å². The van der Waals surface area contributed by atoms with Crippen LogP contribution in [0.1, 0.15) is 0 Å². The minimum Gasteiger partial charge on any atom is -0.309 e. The highest BCUT2D eigenvalue weighted by atomic mass is 31.2. The second kappa shape index (κ2) is 7.17. The first kappa shape index (κ1) is 20.0. The molecular formula is C34H21OP. The van der Waals surface area contributed by atoms with Crippen molar-refractivity contribution in [3.63, 3.8) is 0 Å². The predicted molar refractivity (Wildman–Crippen MR) is 155 cm³/mol. The molecule has 7 aromatic carbocycles. The van der Waals surface area contributed by atoms with Crippen molar-refractivity contribution in [1.82, 2.24) is 0 Å². The van der Waals surface area contributed by atoms with Gasteiger partial charge in [-0.25, -0.2) is 0 Å². The van der Waals surface area contributed by atoms with E-state index in [1.807, 2.05) is 30.3 Å². The van der Waals surface area contributed by atoms with Gasteiger partial charge in [-0.3, -0.25) is 0 Å². The van der Waals surface area contributed by atoms with Crippen LogP contribution in [0.5, 0.6) is 0 Å². The fourth-order valence-corrected chi connectivity index (χ4v) is 9.30. The van der Waals surface area contributed by atoms with Crippen LogP contribution in [0.15, 0.2) is 127 Å². The maximum Gasteiger partial charge on any atom is 0.172 e. The van der Waals surface area contributed by atoms with E-state index in [0.29, 0.717) is 0 Å². The molecule has 0 amide bonds. The molecule has 0 spiro atoms. The summed E-state index contributed by atoms with van der Waals surface area (Å²) >= 11 is 0. The van der Waals surface area contributed by atoms with Crippen molar-refractivity contribution in [2.75, 3.05) is 0 Å². The van der Waals surface area contributed by atoms with Crippen molar-refractivity contribution in [3.8, 4) is 11.1 Å². The van der Waals surface area contributed by atoms with Gasteiger partial charge in [0.25, 0.3) is 0 Å². The molecule has 0 bridgehead atoms. The Balaban J connectivity index is 1.68. The van der Waals surface area contributed by atoms with Gasteiger partial charge in [0.05, 0.1) is 0 Å². The lowest BCUT2D eigenvalue weighted by Crippen LogP contribution is -2.20. The van der Waals surface area contributed by atoms with Gasteiger partial charge in [-0.05, 0) is 55.2 Å². The first-order chi connectivity index (χ1) is 17.7. The second-order valence-electron chi connectivity index (χ2n) is 9.63. The Kier molecular flexibility index (Phi) is 3.99. The standard InChI is InChI=1S/C34H21OP/c35-36(26-10-2-1-3-11-26)29-20-18-24-16-14-22-8-4-6-12-27(22)31(24)33(29)34-30(36)21-19-25-17-15-23-9-5-7-13-28(23)32(25)34/h1-21H. The number of hydrogen-bond acceptors (Lipinski definition) is 1. The van der Waals surface area contributed by atoms with Gasteiger partial charge in [0.2, 0.25) is 0 Å². The average Bonchev–Trinajstić information content (AvgIpc) is 3.22. The van der Waals surface area contributed by atoms with Gasteiger partial charge < -0.3 is 4.57 Å². The van der Waals surface area contributed by atoms with Crippen molar-refractivity contribution in [2.24, 2.45) is 0 Å². The fraction of sp³-hybridized carbons (Fsp3) is 0. The molecular weight excluding hydrogens is 455 g/mol. The molecule has 36 heavy (non-hydrogen) atoms. The molecule has 0 radical (unpaired) electrons. The Morgan fingerprint density at radius 1 is 0.389 bits per heavy atom.